The number of rotatable bonds is 4. The molecule has 5 heteroatoms. The van der Waals surface area contributed by atoms with E-state index in [9.17, 15) is 0 Å². The van der Waals surface area contributed by atoms with Crippen molar-refractivity contribution in [2.75, 3.05) is 32.1 Å². The number of hydrogen-bond acceptors (Lipinski definition) is 4. The standard InChI is InChI=1S/C24H28ClN3O/c1-29-18-8-10-21-20(14-18)24(19-9-7-17(25)13-22(19)27-21)26-15-16-5-4-12-28-11-3-2-6-23(16)28/h7-10,13-14,16,23H,2-6,11-12,15H2,1H3,(H,26,27)/t16-,23-/m1/s1. The number of halogens is 1. The van der Waals surface area contributed by atoms with Gasteiger partial charge in [0.25, 0.3) is 0 Å². The summed E-state index contributed by atoms with van der Waals surface area (Å²) in [5.41, 5.74) is 3.04. The van der Waals surface area contributed by atoms with Crippen molar-refractivity contribution in [1.29, 1.82) is 0 Å². The molecule has 3 heterocycles. The van der Waals surface area contributed by atoms with Gasteiger partial charge in [-0.25, -0.2) is 4.98 Å². The van der Waals surface area contributed by atoms with E-state index in [1.807, 2.05) is 24.3 Å². The molecule has 1 aromatic heterocycles. The van der Waals surface area contributed by atoms with Crippen LogP contribution in [0.1, 0.15) is 32.1 Å². The van der Waals surface area contributed by atoms with Crippen molar-refractivity contribution in [3.8, 4) is 5.75 Å². The van der Waals surface area contributed by atoms with E-state index < -0.39 is 0 Å². The van der Waals surface area contributed by atoms with Gasteiger partial charge in [-0.1, -0.05) is 18.0 Å². The summed E-state index contributed by atoms with van der Waals surface area (Å²) >= 11 is 6.26. The van der Waals surface area contributed by atoms with E-state index in [1.54, 1.807) is 7.11 Å². The van der Waals surface area contributed by atoms with Gasteiger partial charge in [-0.05, 0) is 81.1 Å². The molecule has 0 bridgehead atoms. The molecular weight excluding hydrogens is 382 g/mol. The fourth-order valence-corrected chi connectivity index (χ4v) is 5.43. The molecule has 2 saturated heterocycles. The van der Waals surface area contributed by atoms with Crippen LogP contribution in [0.15, 0.2) is 36.4 Å². The molecule has 152 valence electrons. The first-order valence-electron chi connectivity index (χ1n) is 10.8. The van der Waals surface area contributed by atoms with Crippen molar-refractivity contribution < 1.29 is 4.74 Å². The molecule has 0 amide bonds. The highest BCUT2D eigenvalue weighted by molar-refractivity contribution is 6.31. The fourth-order valence-electron chi connectivity index (χ4n) is 5.26. The summed E-state index contributed by atoms with van der Waals surface area (Å²) in [6.07, 6.45) is 6.69. The Morgan fingerprint density at radius 3 is 2.83 bits per heavy atom. The molecule has 0 radical (unpaired) electrons. The van der Waals surface area contributed by atoms with Crippen LogP contribution in [0.25, 0.3) is 21.8 Å². The topological polar surface area (TPSA) is 37.4 Å². The number of ether oxygens (including phenoxy) is 1. The molecule has 2 aliphatic rings. The number of hydrogen-bond donors (Lipinski definition) is 1. The Bertz CT molecular complexity index is 1040. The number of aromatic nitrogens is 1. The first kappa shape index (κ1) is 19.0. The van der Waals surface area contributed by atoms with Crippen molar-refractivity contribution in [1.82, 2.24) is 9.88 Å². The highest BCUT2D eigenvalue weighted by Crippen LogP contribution is 2.36. The minimum atomic E-state index is 0.695. The predicted octanol–water partition coefficient (Wildman–Crippen LogP) is 5.73. The van der Waals surface area contributed by atoms with Gasteiger partial charge in [0.2, 0.25) is 0 Å². The summed E-state index contributed by atoms with van der Waals surface area (Å²) in [4.78, 5) is 7.57. The van der Waals surface area contributed by atoms with Crippen LogP contribution < -0.4 is 10.1 Å². The summed E-state index contributed by atoms with van der Waals surface area (Å²) in [6.45, 7) is 3.55. The van der Waals surface area contributed by atoms with E-state index in [1.165, 1.54) is 45.2 Å². The minimum Gasteiger partial charge on any atom is -0.497 e. The number of anilines is 1. The zero-order valence-electron chi connectivity index (χ0n) is 17.0. The Balaban J connectivity index is 1.53. The van der Waals surface area contributed by atoms with E-state index >= 15 is 0 Å². The van der Waals surface area contributed by atoms with Gasteiger partial charge in [-0.15, -0.1) is 0 Å². The van der Waals surface area contributed by atoms with Crippen LogP contribution in [0.2, 0.25) is 5.02 Å². The van der Waals surface area contributed by atoms with Crippen LogP contribution >= 0.6 is 11.6 Å². The fraction of sp³-hybridized carbons (Fsp3) is 0.458. The number of nitrogens with zero attached hydrogens (tertiary/aromatic N) is 2. The molecule has 2 aliphatic heterocycles. The third-order valence-corrected chi connectivity index (χ3v) is 6.95. The quantitative estimate of drug-likeness (QED) is 0.558. The third kappa shape index (κ3) is 3.64. The highest BCUT2D eigenvalue weighted by atomic mass is 35.5. The Morgan fingerprint density at radius 2 is 1.93 bits per heavy atom. The molecule has 0 aliphatic carbocycles. The Morgan fingerprint density at radius 1 is 1.03 bits per heavy atom. The monoisotopic (exact) mass is 409 g/mol. The minimum absolute atomic E-state index is 0.695. The van der Waals surface area contributed by atoms with Crippen LogP contribution in [0, 0.1) is 5.92 Å². The van der Waals surface area contributed by atoms with Crippen molar-refractivity contribution in [2.45, 2.75) is 38.1 Å². The number of fused-ring (bicyclic) bond motifs is 3. The normalized spacial score (nSPS) is 22.6. The lowest BCUT2D eigenvalue weighted by Crippen LogP contribution is -2.49. The van der Waals surface area contributed by atoms with E-state index in [-0.39, 0.29) is 0 Å². The maximum atomic E-state index is 6.26. The second-order valence-corrected chi connectivity index (χ2v) is 8.85. The van der Waals surface area contributed by atoms with E-state index in [0.717, 1.165) is 45.8 Å². The molecule has 4 nitrogen and oxygen atoms in total. The van der Waals surface area contributed by atoms with Gasteiger partial charge in [-0.2, -0.15) is 0 Å². The van der Waals surface area contributed by atoms with Crippen LogP contribution in [0.3, 0.4) is 0 Å². The number of nitrogens with one attached hydrogen (secondary N) is 1. The lowest BCUT2D eigenvalue weighted by molar-refractivity contribution is 0.0649. The van der Waals surface area contributed by atoms with Gasteiger partial charge in [-0.3, -0.25) is 0 Å². The SMILES string of the molecule is COc1ccc2nc3cc(Cl)ccc3c(NC[C@H]3CCCN4CCCC[C@H]34)c2c1. The summed E-state index contributed by atoms with van der Waals surface area (Å²) < 4.78 is 5.49. The maximum Gasteiger partial charge on any atom is 0.119 e. The van der Waals surface area contributed by atoms with Crippen molar-refractivity contribution in [3.63, 3.8) is 0 Å². The molecule has 2 fully saturated rings. The molecule has 2 atom stereocenters. The number of piperidine rings is 2. The average Bonchev–Trinajstić information content (AvgIpc) is 2.76. The van der Waals surface area contributed by atoms with Crippen LogP contribution in [0.4, 0.5) is 5.69 Å². The summed E-state index contributed by atoms with van der Waals surface area (Å²) in [5.74, 6) is 1.55. The first-order chi connectivity index (χ1) is 14.2. The summed E-state index contributed by atoms with van der Waals surface area (Å²) in [7, 11) is 1.71. The lowest BCUT2D eigenvalue weighted by atomic mass is 9.83. The molecule has 5 rings (SSSR count). The van der Waals surface area contributed by atoms with Gasteiger partial charge < -0.3 is 15.0 Å². The first-order valence-corrected chi connectivity index (χ1v) is 11.2. The summed E-state index contributed by atoms with van der Waals surface area (Å²) in [6, 6.07) is 12.8. The van der Waals surface area contributed by atoms with Crippen LogP contribution in [0.5, 0.6) is 5.75 Å². The molecule has 0 saturated carbocycles. The molecule has 3 aromatic rings. The van der Waals surface area contributed by atoms with Gasteiger partial charge in [0, 0.05) is 28.4 Å². The van der Waals surface area contributed by atoms with E-state index in [4.69, 9.17) is 21.3 Å². The van der Waals surface area contributed by atoms with Crippen LogP contribution in [-0.4, -0.2) is 42.7 Å². The second-order valence-electron chi connectivity index (χ2n) is 8.41. The predicted molar refractivity (Wildman–Crippen MR) is 121 cm³/mol. The smallest absolute Gasteiger partial charge is 0.119 e. The number of benzene rings is 2. The van der Waals surface area contributed by atoms with Gasteiger partial charge in [0.15, 0.2) is 0 Å². The number of pyridine rings is 1. The summed E-state index contributed by atoms with van der Waals surface area (Å²) in [5, 5.41) is 6.78. The van der Waals surface area contributed by atoms with Crippen molar-refractivity contribution in [2.24, 2.45) is 5.92 Å². The largest absolute Gasteiger partial charge is 0.497 e. The highest BCUT2D eigenvalue weighted by Gasteiger charge is 2.32. The molecule has 2 aromatic carbocycles. The van der Waals surface area contributed by atoms with E-state index in [2.05, 4.69) is 22.3 Å². The molecule has 0 spiro atoms. The Labute approximate surface area is 177 Å². The molecule has 29 heavy (non-hydrogen) atoms. The molecule has 0 unspecified atom stereocenters. The zero-order chi connectivity index (χ0) is 19.8. The van der Waals surface area contributed by atoms with Gasteiger partial charge in [0.05, 0.1) is 23.8 Å². The van der Waals surface area contributed by atoms with Gasteiger partial charge >= 0.3 is 0 Å². The Kier molecular flexibility index (Phi) is 5.23. The average molecular weight is 410 g/mol. The Hall–Kier alpha value is -2.04. The molecular formula is C24H28ClN3O. The van der Waals surface area contributed by atoms with E-state index in [0.29, 0.717) is 10.9 Å². The molecule has 1 N–H and O–H groups in total. The van der Waals surface area contributed by atoms with Crippen molar-refractivity contribution in [3.05, 3.63) is 41.4 Å². The lowest BCUT2D eigenvalue weighted by Gasteiger charge is -2.44. The van der Waals surface area contributed by atoms with Crippen molar-refractivity contribution >= 4 is 39.1 Å². The van der Waals surface area contributed by atoms with Gasteiger partial charge in [0.1, 0.15) is 5.75 Å². The third-order valence-electron chi connectivity index (χ3n) is 6.71. The van der Waals surface area contributed by atoms with Crippen LogP contribution in [-0.2, 0) is 0 Å². The number of methoxy groups -OCH3 is 1. The maximum absolute atomic E-state index is 6.26. The second kappa shape index (κ2) is 8.00. The zero-order valence-corrected chi connectivity index (χ0v) is 17.7.